The van der Waals surface area contributed by atoms with Gasteiger partial charge in [0.1, 0.15) is 18.7 Å². The fourth-order valence-electron chi connectivity index (χ4n) is 3.43. The standard InChI is InChI=1S/C26H28F4N3O7P/c1-12(31-24(37)25(38)32-16-8-6-5-7-13(16)26(2,3)4)23(36)33-17(10-19(35)40-41)18(34)11-39-22-20(29)14(27)9-15(28)21(22)30/h5-9,12,17H,10-11,41H2,1-4H3,(H,31,37)(H,32,38)(H,33,36)/t12-,17-/m0/s1. The molecule has 15 heteroatoms. The van der Waals surface area contributed by atoms with Gasteiger partial charge in [0.05, 0.1) is 15.9 Å². The Labute approximate surface area is 234 Å². The molecule has 0 radical (unpaired) electrons. The van der Waals surface area contributed by atoms with Gasteiger partial charge < -0.3 is 25.2 Å². The Morgan fingerprint density at radius 3 is 2.07 bits per heavy atom. The summed E-state index contributed by atoms with van der Waals surface area (Å²) in [6, 6.07) is 3.61. The number of carbonyl (C=O) groups is 5. The third-order valence-electron chi connectivity index (χ3n) is 5.57. The average molecular weight is 601 g/mol. The van der Waals surface area contributed by atoms with Crippen molar-refractivity contribution in [3.05, 3.63) is 59.2 Å². The fourth-order valence-corrected chi connectivity index (χ4v) is 3.53. The molecule has 0 aliphatic heterocycles. The number of Topliss-reactive ketones (excluding diaryl/α,β-unsaturated/α-hetero) is 1. The molecule has 0 saturated heterocycles. The lowest BCUT2D eigenvalue weighted by molar-refractivity contribution is -0.139. The van der Waals surface area contributed by atoms with E-state index in [-0.39, 0.29) is 11.5 Å². The third kappa shape index (κ3) is 8.97. The molecular formula is C26H28F4N3O7P. The van der Waals surface area contributed by atoms with E-state index in [1.54, 1.807) is 33.7 Å². The summed E-state index contributed by atoms with van der Waals surface area (Å²) < 4.78 is 63.5. The number of amides is 3. The number of para-hydroxylation sites is 1. The number of ether oxygens (including phenoxy) is 1. The summed E-state index contributed by atoms with van der Waals surface area (Å²) >= 11 is 0. The molecule has 0 fully saturated rings. The number of hydrogen-bond donors (Lipinski definition) is 3. The first-order valence-corrected chi connectivity index (χ1v) is 12.4. The van der Waals surface area contributed by atoms with E-state index < -0.39 is 83.6 Å². The van der Waals surface area contributed by atoms with Gasteiger partial charge in [-0.1, -0.05) is 39.0 Å². The maximum Gasteiger partial charge on any atom is 0.313 e. The van der Waals surface area contributed by atoms with E-state index in [1.165, 1.54) is 6.92 Å². The Bertz CT molecular complexity index is 1320. The molecule has 2 aromatic rings. The Morgan fingerprint density at radius 1 is 0.927 bits per heavy atom. The quantitative estimate of drug-likeness (QED) is 0.165. The molecule has 3 N–H and O–H groups in total. The minimum absolute atomic E-state index is 0.0589. The molecule has 3 amide bonds. The van der Waals surface area contributed by atoms with Crippen LogP contribution in [-0.4, -0.2) is 48.2 Å². The van der Waals surface area contributed by atoms with Gasteiger partial charge in [0, 0.05) is 11.8 Å². The molecule has 0 aromatic heterocycles. The SMILES string of the molecule is C[C@H](NC(=O)C(=O)Nc1ccccc1C(C)(C)C)C(=O)N[C@@H](CC(=O)OP)C(=O)COc1c(F)c(F)cc(F)c1F. The van der Waals surface area contributed by atoms with Crippen molar-refractivity contribution in [3.63, 3.8) is 0 Å². The summed E-state index contributed by atoms with van der Waals surface area (Å²) in [6.07, 6.45) is -0.787. The van der Waals surface area contributed by atoms with Crippen molar-refractivity contribution in [1.82, 2.24) is 10.6 Å². The predicted molar refractivity (Wildman–Crippen MR) is 141 cm³/mol. The van der Waals surface area contributed by atoms with E-state index in [0.29, 0.717) is 5.69 Å². The van der Waals surface area contributed by atoms with Crippen molar-refractivity contribution < 1.29 is 50.8 Å². The van der Waals surface area contributed by atoms with Gasteiger partial charge in [0.15, 0.2) is 23.2 Å². The van der Waals surface area contributed by atoms with Crippen LogP contribution in [0.2, 0.25) is 0 Å². The first-order chi connectivity index (χ1) is 19.1. The lowest BCUT2D eigenvalue weighted by Crippen LogP contribution is -2.53. The molecule has 0 aliphatic carbocycles. The molecule has 10 nitrogen and oxygen atoms in total. The second kappa shape index (κ2) is 14.0. The molecule has 3 atom stereocenters. The zero-order chi connectivity index (χ0) is 31.1. The van der Waals surface area contributed by atoms with Crippen molar-refractivity contribution in [2.24, 2.45) is 0 Å². The van der Waals surface area contributed by atoms with Crippen LogP contribution < -0.4 is 20.7 Å². The highest BCUT2D eigenvalue weighted by atomic mass is 31.0. The van der Waals surface area contributed by atoms with E-state index in [1.807, 2.05) is 20.8 Å². The van der Waals surface area contributed by atoms with Crippen LogP contribution in [0.5, 0.6) is 5.75 Å². The van der Waals surface area contributed by atoms with Gasteiger partial charge in [-0.05, 0) is 24.0 Å². The highest BCUT2D eigenvalue weighted by Crippen LogP contribution is 2.29. The molecule has 0 aliphatic rings. The Hall–Kier alpha value is -4.06. The Kier molecular flexibility index (Phi) is 11.3. The zero-order valence-electron chi connectivity index (χ0n) is 22.4. The summed E-state index contributed by atoms with van der Waals surface area (Å²) in [5, 5.41) is 6.75. The average Bonchev–Trinajstić information content (AvgIpc) is 2.90. The van der Waals surface area contributed by atoms with E-state index in [2.05, 4.69) is 25.2 Å². The van der Waals surface area contributed by atoms with Gasteiger partial charge in [0.25, 0.3) is 0 Å². The van der Waals surface area contributed by atoms with Crippen LogP contribution in [0.25, 0.3) is 0 Å². The van der Waals surface area contributed by atoms with Crippen LogP contribution in [0, 0.1) is 23.3 Å². The Morgan fingerprint density at radius 2 is 1.51 bits per heavy atom. The van der Waals surface area contributed by atoms with Gasteiger partial charge in [-0.15, -0.1) is 0 Å². The van der Waals surface area contributed by atoms with Crippen LogP contribution in [0.15, 0.2) is 30.3 Å². The maximum atomic E-state index is 13.8. The molecule has 0 bridgehead atoms. The highest BCUT2D eigenvalue weighted by Gasteiger charge is 2.30. The summed E-state index contributed by atoms with van der Waals surface area (Å²) in [6.45, 7) is 5.68. The molecule has 2 rings (SSSR count). The molecule has 0 heterocycles. The number of benzene rings is 2. The topological polar surface area (TPSA) is 140 Å². The molecule has 0 saturated carbocycles. The number of anilines is 1. The van der Waals surface area contributed by atoms with Crippen molar-refractivity contribution in [3.8, 4) is 5.75 Å². The largest absolute Gasteiger partial charge is 0.479 e. The summed E-state index contributed by atoms with van der Waals surface area (Å²) in [4.78, 5) is 62.0. The minimum atomic E-state index is -1.90. The number of hydrogen-bond acceptors (Lipinski definition) is 7. The van der Waals surface area contributed by atoms with Crippen LogP contribution in [0.1, 0.15) is 39.7 Å². The summed E-state index contributed by atoms with van der Waals surface area (Å²) in [7, 11) is 1.62. The predicted octanol–water partition coefficient (Wildman–Crippen LogP) is 2.84. The summed E-state index contributed by atoms with van der Waals surface area (Å²) in [5.41, 5.74) is 0.763. The number of nitrogens with one attached hydrogen (secondary N) is 3. The van der Waals surface area contributed by atoms with Gasteiger partial charge in [-0.25, -0.2) is 8.78 Å². The van der Waals surface area contributed by atoms with Crippen LogP contribution in [-0.2, 0) is 33.9 Å². The fraction of sp³-hybridized carbons (Fsp3) is 0.346. The van der Waals surface area contributed by atoms with Crippen molar-refractivity contribution in [1.29, 1.82) is 0 Å². The van der Waals surface area contributed by atoms with E-state index in [4.69, 9.17) is 0 Å². The van der Waals surface area contributed by atoms with Crippen LogP contribution in [0.4, 0.5) is 23.2 Å². The molecule has 0 spiro atoms. The van der Waals surface area contributed by atoms with Crippen LogP contribution >= 0.6 is 9.47 Å². The molecule has 2 aromatic carbocycles. The van der Waals surface area contributed by atoms with E-state index in [9.17, 15) is 41.5 Å². The molecule has 1 unspecified atom stereocenters. The number of carbonyl (C=O) groups excluding carboxylic acids is 5. The monoisotopic (exact) mass is 601 g/mol. The van der Waals surface area contributed by atoms with Gasteiger partial charge >= 0.3 is 17.8 Å². The molecule has 41 heavy (non-hydrogen) atoms. The van der Waals surface area contributed by atoms with E-state index in [0.717, 1.165) is 5.56 Å². The lowest BCUT2D eigenvalue weighted by atomic mass is 9.86. The van der Waals surface area contributed by atoms with Crippen molar-refractivity contribution >= 4 is 44.6 Å². The maximum absolute atomic E-state index is 13.8. The second-order valence-corrected chi connectivity index (χ2v) is 9.99. The first kappa shape index (κ1) is 33.1. The third-order valence-corrected chi connectivity index (χ3v) is 5.83. The van der Waals surface area contributed by atoms with Crippen molar-refractivity contribution in [2.45, 2.75) is 51.6 Å². The van der Waals surface area contributed by atoms with Gasteiger partial charge in [-0.3, -0.25) is 24.0 Å². The van der Waals surface area contributed by atoms with Crippen LogP contribution in [0.3, 0.4) is 0 Å². The smallest absolute Gasteiger partial charge is 0.313 e. The van der Waals surface area contributed by atoms with Gasteiger partial charge in [0.2, 0.25) is 17.5 Å². The Balaban J connectivity index is 2.09. The molecular weight excluding hydrogens is 573 g/mol. The first-order valence-electron chi connectivity index (χ1n) is 12.0. The zero-order valence-corrected chi connectivity index (χ0v) is 23.6. The number of ketones is 1. The lowest BCUT2D eigenvalue weighted by Gasteiger charge is -2.23. The highest BCUT2D eigenvalue weighted by molar-refractivity contribution is 7.10. The van der Waals surface area contributed by atoms with Crippen molar-refractivity contribution in [2.75, 3.05) is 11.9 Å². The minimum Gasteiger partial charge on any atom is -0.479 e. The van der Waals surface area contributed by atoms with E-state index >= 15 is 0 Å². The van der Waals surface area contributed by atoms with Gasteiger partial charge in [-0.2, -0.15) is 8.78 Å². The normalized spacial score (nSPS) is 12.5. The molecule has 222 valence electrons. The number of halogens is 4. The second-order valence-electron chi connectivity index (χ2n) is 9.75. The summed E-state index contributed by atoms with van der Waals surface area (Å²) in [5.74, 6) is -14.4. The number of rotatable bonds is 10.